The minimum Gasteiger partial charge on any atom is -0.345 e. The van der Waals surface area contributed by atoms with Crippen LogP contribution in [0.1, 0.15) is 19.8 Å². The van der Waals surface area contributed by atoms with Gasteiger partial charge in [0.15, 0.2) is 0 Å². The van der Waals surface area contributed by atoms with Crippen LogP contribution in [0.15, 0.2) is 35.5 Å². The molecule has 0 aliphatic rings. The topological polar surface area (TPSA) is 34.4 Å². The Morgan fingerprint density at radius 3 is 2.94 bits per heavy atom. The highest BCUT2D eigenvalue weighted by atomic mass is 16.1. The fourth-order valence-corrected chi connectivity index (χ4v) is 1.88. The Labute approximate surface area is 94.4 Å². The third-order valence-corrected chi connectivity index (χ3v) is 2.69. The molecule has 0 bridgehead atoms. The highest BCUT2D eigenvalue weighted by Crippen LogP contribution is 2.28. The molecule has 0 saturated heterocycles. The zero-order chi connectivity index (χ0) is 11.4. The Balaban J connectivity index is 2.52. The van der Waals surface area contributed by atoms with E-state index in [4.69, 9.17) is 0 Å². The van der Waals surface area contributed by atoms with Crippen molar-refractivity contribution < 1.29 is 4.79 Å². The van der Waals surface area contributed by atoms with Gasteiger partial charge in [-0.1, -0.05) is 31.5 Å². The first kappa shape index (κ1) is 10.7. The summed E-state index contributed by atoms with van der Waals surface area (Å²) in [7, 11) is 0. The maximum atomic E-state index is 10.3. The molecule has 1 heterocycles. The van der Waals surface area contributed by atoms with Gasteiger partial charge in [-0.25, -0.2) is 4.79 Å². The number of aryl methyl sites for hydroxylation is 1. The second-order valence-electron chi connectivity index (χ2n) is 3.78. The average molecular weight is 214 g/mol. The number of aliphatic imine (C=N–C) groups is 1. The highest BCUT2D eigenvalue weighted by Gasteiger charge is 2.06. The Kier molecular flexibility index (Phi) is 3.18. The largest absolute Gasteiger partial charge is 0.345 e. The number of rotatable bonds is 4. The zero-order valence-corrected chi connectivity index (χ0v) is 9.31. The van der Waals surface area contributed by atoms with Gasteiger partial charge in [0.25, 0.3) is 0 Å². The van der Waals surface area contributed by atoms with Gasteiger partial charge in [-0.15, -0.1) is 0 Å². The Hall–Kier alpha value is -1.86. The van der Waals surface area contributed by atoms with E-state index < -0.39 is 0 Å². The molecule has 0 atom stereocenters. The molecule has 3 heteroatoms. The quantitative estimate of drug-likeness (QED) is 0.567. The molecule has 0 saturated carbocycles. The van der Waals surface area contributed by atoms with Crippen molar-refractivity contribution in [2.75, 3.05) is 0 Å². The van der Waals surface area contributed by atoms with Gasteiger partial charge < -0.3 is 4.57 Å². The van der Waals surface area contributed by atoms with Gasteiger partial charge >= 0.3 is 0 Å². The molecule has 0 aliphatic heterocycles. The first-order chi connectivity index (χ1) is 7.86. The molecule has 0 spiro atoms. The number of isocyanates is 1. The van der Waals surface area contributed by atoms with Crippen molar-refractivity contribution in [1.29, 1.82) is 0 Å². The summed E-state index contributed by atoms with van der Waals surface area (Å²) in [5.41, 5.74) is 1.84. The van der Waals surface area contributed by atoms with Crippen LogP contribution in [0, 0.1) is 0 Å². The molecule has 2 rings (SSSR count). The SMILES string of the molecule is CCCCn1cc(N=C=O)c2ccccc21. The second-order valence-corrected chi connectivity index (χ2v) is 3.78. The molecule has 0 amide bonds. The molecule has 0 unspecified atom stereocenters. The van der Waals surface area contributed by atoms with Crippen molar-refractivity contribution in [2.45, 2.75) is 26.3 Å². The summed E-state index contributed by atoms with van der Waals surface area (Å²) < 4.78 is 2.15. The molecule has 16 heavy (non-hydrogen) atoms. The van der Waals surface area contributed by atoms with Crippen molar-refractivity contribution in [3.8, 4) is 0 Å². The van der Waals surface area contributed by atoms with Crippen LogP contribution in [0.3, 0.4) is 0 Å². The zero-order valence-electron chi connectivity index (χ0n) is 9.31. The second kappa shape index (κ2) is 4.77. The van der Waals surface area contributed by atoms with Gasteiger partial charge in [-0.2, -0.15) is 4.99 Å². The Morgan fingerprint density at radius 1 is 1.38 bits per heavy atom. The molecular formula is C13H14N2O. The van der Waals surface area contributed by atoms with Crippen molar-refractivity contribution >= 4 is 22.7 Å². The van der Waals surface area contributed by atoms with Crippen LogP contribution in [-0.4, -0.2) is 10.6 Å². The number of unbranched alkanes of at least 4 members (excludes halogenated alkanes) is 1. The summed E-state index contributed by atoms with van der Waals surface area (Å²) in [6.45, 7) is 3.13. The van der Waals surface area contributed by atoms with E-state index in [1.165, 1.54) is 0 Å². The number of aromatic nitrogens is 1. The van der Waals surface area contributed by atoms with Gasteiger partial charge in [0.05, 0.1) is 5.52 Å². The molecule has 1 aromatic heterocycles. The van der Waals surface area contributed by atoms with Gasteiger partial charge in [0.1, 0.15) is 5.69 Å². The van der Waals surface area contributed by atoms with Crippen molar-refractivity contribution in [1.82, 2.24) is 4.57 Å². The molecular weight excluding hydrogens is 200 g/mol. The fraction of sp³-hybridized carbons (Fsp3) is 0.308. The van der Waals surface area contributed by atoms with Crippen molar-refractivity contribution in [3.63, 3.8) is 0 Å². The van der Waals surface area contributed by atoms with Crippen LogP contribution < -0.4 is 0 Å². The lowest BCUT2D eigenvalue weighted by Gasteiger charge is -2.02. The first-order valence-electron chi connectivity index (χ1n) is 5.52. The number of benzene rings is 1. The molecule has 0 fully saturated rings. The average Bonchev–Trinajstić information content (AvgIpc) is 2.66. The molecule has 0 radical (unpaired) electrons. The summed E-state index contributed by atoms with van der Waals surface area (Å²) in [5.74, 6) is 0. The molecule has 0 N–H and O–H groups in total. The van der Waals surface area contributed by atoms with Gasteiger partial charge in [-0.3, -0.25) is 0 Å². The number of carbonyl (C=O) groups excluding carboxylic acids is 1. The standard InChI is InChI=1S/C13H14N2O/c1-2-3-8-15-9-12(14-10-16)11-6-4-5-7-13(11)15/h4-7,9H,2-3,8H2,1H3. The fourth-order valence-electron chi connectivity index (χ4n) is 1.88. The lowest BCUT2D eigenvalue weighted by atomic mass is 10.2. The van der Waals surface area contributed by atoms with E-state index in [2.05, 4.69) is 22.5 Å². The molecule has 2 aromatic rings. The normalized spacial score (nSPS) is 10.3. The van der Waals surface area contributed by atoms with Crippen LogP contribution in [0.2, 0.25) is 0 Å². The summed E-state index contributed by atoms with van der Waals surface area (Å²) >= 11 is 0. The molecule has 0 aliphatic carbocycles. The molecule has 1 aromatic carbocycles. The molecule has 3 nitrogen and oxygen atoms in total. The van der Waals surface area contributed by atoms with Crippen molar-refractivity contribution in [3.05, 3.63) is 30.5 Å². The minimum absolute atomic E-state index is 0.710. The number of nitrogens with zero attached hydrogens (tertiary/aromatic N) is 2. The summed E-state index contributed by atoms with van der Waals surface area (Å²) in [6.07, 6.45) is 5.81. The Bertz CT molecular complexity index is 536. The van der Waals surface area contributed by atoms with Gasteiger partial charge in [0.2, 0.25) is 6.08 Å². The third kappa shape index (κ3) is 1.90. The summed E-state index contributed by atoms with van der Waals surface area (Å²) in [4.78, 5) is 14.1. The summed E-state index contributed by atoms with van der Waals surface area (Å²) in [6, 6.07) is 7.98. The minimum atomic E-state index is 0.710. The van der Waals surface area contributed by atoms with Crippen LogP contribution >= 0.6 is 0 Å². The lowest BCUT2D eigenvalue weighted by molar-refractivity contribution is 0.565. The lowest BCUT2D eigenvalue weighted by Crippen LogP contribution is -1.94. The van der Waals surface area contributed by atoms with Crippen LogP contribution in [0.4, 0.5) is 5.69 Å². The van der Waals surface area contributed by atoms with Gasteiger partial charge in [-0.05, 0) is 12.5 Å². The van der Waals surface area contributed by atoms with E-state index in [1.807, 2.05) is 24.4 Å². The number of para-hydroxylation sites is 1. The van der Waals surface area contributed by atoms with Crippen molar-refractivity contribution in [2.24, 2.45) is 4.99 Å². The maximum Gasteiger partial charge on any atom is 0.240 e. The monoisotopic (exact) mass is 214 g/mol. The van der Waals surface area contributed by atoms with Crippen LogP contribution in [-0.2, 0) is 11.3 Å². The van der Waals surface area contributed by atoms with Crippen LogP contribution in [0.25, 0.3) is 10.9 Å². The van der Waals surface area contributed by atoms with E-state index in [0.29, 0.717) is 5.69 Å². The summed E-state index contributed by atoms with van der Waals surface area (Å²) in [5, 5.41) is 1.02. The molecule has 82 valence electrons. The van der Waals surface area contributed by atoms with E-state index in [1.54, 1.807) is 6.08 Å². The van der Waals surface area contributed by atoms with E-state index in [9.17, 15) is 4.79 Å². The van der Waals surface area contributed by atoms with E-state index in [0.717, 1.165) is 30.3 Å². The maximum absolute atomic E-state index is 10.3. The number of fused-ring (bicyclic) bond motifs is 1. The third-order valence-electron chi connectivity index (χ3n) is 2.69. The highest BCUT2D eigenvalue weighted by molar-refractivity contribution is 5.92. The Morgan fingerprint density at radius 2 is 2.19 bits per heavy atom. The van der Waals surface area contributed by atoms with Crippen LogP contribution in [0.5, 0.6) is 0 Å². The van der Waals surface area contributed by atoms with Gasteiger partial charge in [0, 0.05) is 18.1 Å². The predicted octanol–water partition coefficient (Wildman–Crippen LogP) is 3.41. The first-order valence-corrected chi connectivity index (χ1v) is 5.52. The van der Waals surface area contributed by atoms with E-state index >= 15 is 0 Å². The van der Waals surface area contributed by atoms with E-state index in [-0.39, 0.29) is 0 Å². The number of hydrogen-bond acceptors (Lipinski definition) is 2. The number of hydrogen-bond donors (Lipinski definition) is 0. The predicted molar refractivity (Wildman–Crippen MR) is 64.6 cm³/mol. The smallest absolute Gasteiger partial charge is 0.240 e.